The minimum Gasteiger partial charge on any atom is -0.296 e. The molecule has 0 aromatic heterocycles. The number of alkyl halides is 1. The van der Waals surface area contributed by atoms with Crippen LogP contribution < -0.4 is 0 Å². The van der Waals surface area contributed by atoms with Crippen LogP contribution in [0.2, 0.25) is 0 Å². The van der Waals surface area contributed by atoms with Crippen molar-refractivity contribution >= 4 is 34.2 Å². The lowest BCUT2D eigenvalue weighted by Gasteiger charge is -2.33. The molecule has 0 bridgehead atoms. The third kappa shape index (κ3) is 3.93. The maximum atomic E-state index is 5.94. The van der Waals surface area contributed by atoms with Crippen molar-refractivity contribution in [3.63, 3.8) is 0 Å². The molecular weight excluding hydrogens is 320 g/mol. The van der Waals surface area contributed by atoms with Gasteiger partial charge in [-0.05, 0) is 61.2 Å². The first-order valence-corrected chi connectivity index (χ1v) is 6.59. The van der Waals surface area contributed by atoms with Crippen LogP contribution in [0.4, 0.5) is 0 Å². The smallest absolute Gasteiger partial charge is 0.0402 e. The Morgan fingerprint density at radius 2 is 1.80 bits per heavy atom. The van der Waals surface area contributed by atoms with Crippen LogP contribution in [0.5, 0.6) is 0 Å². The monoisotopic (exact) mass is 337 g/mol. The normalized spacial score (nSPS) is 12.1. The summed E-state index contributed by atoms with van der Waals surface area (Å²) in [7, 11) is 2.11. The van der Waals surface area contributed by atoms with Gasteiger partial charge in [0.25, 0.3) is 0 Å². The Kier molecular flexibility index (Phi) is 4.87. The first kappa shape index (κ1) is 13.3. The number of hydrogen-bond donors (Lipinski definition) is 0. The molecule has 1 rings (SSSR count). The second-order valence-electron chi connectivity index (χ2n) is 4.43. The summed E-state index contributed by atoms with van der Waals surface area (Å²) in [6, 6.07) is 8.61. The molecule has 0 radical (unpaired) electrons. The summed E-state index contributed by atoms with van der Waals surface area (Å²) in [6.07, 6.45) is 0. The fourth-order valence-electron chi connectivity index (χ4n) is 1.18. The summed E-state index contributed by atoms with van der Waals surface area (Å²) in [6.45, 7) is 5.26. The van der Waals surface area contributed by atoms with E-state index in [1.807, 2.05) is 0 Å². The fraction of sp³-hybridized carbons (Fsp3) is 0.500. The summed E-state index contributed by atoms with van der Waals surface area (Å²) >= 11 is 8.26. The topological polar surface area (TPSA) is 3.24 Å². The number of hydrogen-bond acceptors (Lipinski definition) is 1. The van der Waals surface area contributed by atoms with Gasteiger partial charge in [0.05, 0.1) is 0 Å². The van der Waals surface area contributed by atoms with Crippen molar-refractivity contribution in [3.05, 3.63) is 33.4 Å². The van der Waals surface area contributed by atoms with E-state index in [9.17, 15) is 0 Å². The molecule has 3 heteroatoms. The van der Waals surface area contributed by atoms with Gasteiger partial charge < -0.3 is 0 Å². The molecule has 1 aromatic rings. The molecule has 0 aliphatic rings. The minimum absolute atomic E-state index is 0.0462. The summed E-state index contributed by atoms with van der Waals surface area (Å²) in [5, 5.41) is 0. The van der Waals surface area contributed by atoms with Gasteiger partial charge in [-0.2, -0.15) is 0 Å². The average molecular weight is 338 g/mol. The molecule has 1 nitrogen and oxygen atoms in total. The van der Waals surface area contributed by atoms with Gasteiger partial charge in [-0.25, -0.2) is 0 Å². The average Bonchev–Trinajstić information content (AvgIpc) is 2.21. The number of halogens is 2. The van der Waals surface area contributed by atoms with Gasteiger partial charge in [0.1, 0.15) is 0 Å². The Bertz CT molecular complexity index is 308. The zero-order valence-electron chi connectivity index (χ0n) is 9.43. The standard InChI is InChI=1S/C12H17ClIN/c1-12(2,9-13)15(3)8-10-4-6-11(14)7-5-10/h4-7H,8-9H2,1-3H3. The van der Waals surface area contributed by atoms with E-state index in [1.165, 1.54) is 9.13 Å². The quantitative estimate of drug-likeness (QED) is 0.597. The largest absolute Gasteiger partial charge is 0.296 e. The van der Waals surface area contributed by atoms with E-state index in [1.54, 1.807) is 0 Å². The molecule has 0 saturated carbocycles. The Morgan fingerprint density at radius 1 is 1.27 bits per heavy atom. The number of benzene rings is 1. The Labute approximate surface area is 111 Å². The number of rotatable bonds is 4. The van der Waals surface area contributed by atoms with Crippen molar-refractivity contribution in [1.29, 1.82) is 0 Å². The van der Waals surface area contributed by atoms with Gasteiger partial charge >= 0.3 is 0 Å². The molecule has 0 aliphatic carbocycles. The van der Waals surface area contributed by atoms with E-state index in [-0.39, 0.29) is 5.54 Å². The van der Waals surface area contributed by atoms with Crippen LogP contribution in [0.25, 0.3) is 0 Å². The first-order valence-electron chi connectivity index (χ1n) is 4.97. The highest BCUT2D eigenvalue weighted by Gasteiger charge is 2.21. The molecule has 0 fully saturated rings. The molecule has 0 spiro atoms. The molecule has 84 valence electrons. The van der Waals surface area contributed by atoms with Crippen molar-refractivity contribution in [2.45, 2.75) is 25.9 Å². The van der Waals surface area contributed by atoms with Gasteiger partial charge in [-0.15, -0.1) is 11.6 Å². The lowest BCUT2D eigenvalue weighted by Crippen LogP contribution is -2.42. The van der Waals surface area contributed by atoms with E-state index in [0.29, 0.717) is 5.88 Å². The molecule has 0 unspecified atom stereocenters. The van der Waals surface area contributed by atoms with Gasteiger partial charge in [0.2, 0.25) is 0 Å². The van der Waals surface area contributed by atoms with Crippen LogP contribution >= 0.6 is 34.2 Å². The van der Waals surface area contributed by atoms with Crippen molar-refractivity contribution in [3.8, 4) is 0 Å². The maximum absolute atomic E-state index is 5.94. The van der Waals surface area contributed by atoms with Crippen LogP contribution in [0.1, 0.15) is 19.4 Å². The van der Waals surface area contributed by atoms with Gasteiger partial charge in [-0.3, -0.25) is 4.90 Å². The van der Waals surface area contributed by atoms with Crippen LogP contribution in [-0.2, 0) is 6.54 Å². The molecule has 0 heterocycles. The second-order valence-corrected chi connectivity index (χ2v) is 5.94. The van der Waals surface area contributed by atoms with Crippen LogP contribution in [-0.4, -0.2) is 23.4 Å². The third-order valence-electron chi connectivity index (χ3n) is 2.69. The molecule has 0 saturated heterocycles. The molecule has 0 atom stereocenters. The zero-order valence-corrected chi connectivity index (χ0v) is 12.3. The Hall–Kier alpha value is 0.200. The van der Waals surface area contributed by atoms with E-state index < -0.39 is 0 Å². The highest BCUT2D eigenvalue weighted by Crippen LogP contribution is 2.17. The minimum atomic E-state index is 0.0462. The molecule has 1 aromatic carbocycles. The van der Waals surface area contributed by atoms with Gasteiger partial charge in [0, 0.05) is 21.5 Å². The third-order valence-corrected chi connectivity index (χ3v) is 4.07. The summed E-state index contributed by atoms with van der Waals surface area (Å²) in [5.41, 5.74) is 1.38. The predicted molar refractivity (Wildman–Crippen MR) is 75.4 cm³/mol. The highest BCUT2D eigenvalue weighted by molar-refractivity contribution is 14.1. The second kappa shape index (κ2) is 5.51. The highest BCUT2D eigenvalue weighted by atomic mass is 127. The molecule has 0 aliphatic heterocycles. The predicted octanol–water partition coefficient (Wildman–Crippen LogP) is 3.74. The maximum Gasteiger partial charge on any atom is 0.0402 e. The SMILES string of the molecule is CN(Cc1ccc(I)cc1)C(C)(C)CCl. The fourth-order valence-corrected chi connectivity index (χ4v) is 1.74. The van der Waals surface area contributed by atoms with Crippen LogP contribution in [0, 0.1) is 3.57 Å². The molecule has 15 heavy (non-hydrogen) atoms. The Balaban J connectivity index is 2.66. The first-order chi connectivity index (χ1) is 6.95. The Morgan fingerprint density at radius 3 is 2.27 bits per heavy atom. The lowest BCUT2D eigenvalue weighted by molar-refractivity contribution is 0.171. The van der Waals surface area contributed by atoms with Crippen molar-refractivity contribution in [2.75, 3.05) is 12.9 Å². The van der Waals surface area contributed by atoms with Crippen molar-refractivity contribution in [1.82, 2.24) is 4.90 Å². The van der Waals surface area contributed by atoms with Crippen molar-refractivity contribution in [2.24, 2.45) is 0 Å². The zero-order chi connectivity index (χ0) is 11.5. The van der Waals surface area contributed by atoms with E-state index in [2.05, 4.69) is 72.7 Å². The van der Waals surface area contributed by atoms with Crippen molar-refractivity contribution < 1.29 is 0 Å². The van der Waals surface area contributed by atoms with E-state index >= 15 is 0 Å². The van der Waals surface area contributed by atoms with Crippen LogP contribution in [0.3, 0.4) is 0 Å². The van der Waals surface area contributed by atoms with Gasteiger partial charge in [0.15, 0.2) is 0 Å². The number of nitrogens with zero attached hydrogens (tertiary/aromatic N) is 1. The van der Waals surface area contributed by atoms with E-state index in [0.717, 1.165) is 6.54 Å². The lowest BCUT2D eigenvalue weighted by atomic mass is 10.1. The summed E-state index contributed by atoms with van der Waals surface area (Å²) in [4.78, 5) is 2.28. The van der Waals surface area contributed by atoms with Crippen LogP contribution in [0.15, 0.2) is 24.3 Å². The summed E-state index contributed by atoms with van der Waals surface area (Å²) in [5.74, 6) is 0.647. The van der Waals surface area contributed by atoms with Gasteiger partial charge in [-0.1, -0.05) is 12.1 Å². The summed E-state index contributed by atoms with van der Waals surface area (Å²) < 4.78 is 1.27. The molecular formula is C12H17ClIN. The molecule has 0 amide bonds. The molecule has 0 N–H and O–H groups in total. The van der Waals surface area contributed by atoms with E-state index in [4.69, 9.17) is 11.6 Å².